The van der Waals surface area contributed by atoms with E-state index in [1.807, 2.05) is 30.3 Å². The van der Waals surface area contributed by atoms with Crippen LogP contribution in [0.25, 0.3) is 0 Å². The fourth-order valence-corrected chi connectivity index (χ4v) is 2.87. The van der Waals surface area contributed by atoms with Gasteiger partial charge in [-0.3, -0.25) is 14.4 Å². The Labute approximate surface area is 149 Å². The maximum absolute atomic E-state index is 12.8. The highest BCUT2D eigenvalue weighted by Crippen LogP contribution is 2.14. The Morgan fingerprint density at radius 3 is 2.69 bits per heavy atom. The fraction of sp³-hybridized carbons (Fsp3) is 0.333. The molecular formula is C18H19N3O5. The number of carboxylic acids is 1. The molecule has 26 heavy (non-hydrogen) atoms. The molecular weight excluding hydrogens is 338 g/mol. The fourth-order valence-electron chi connectivity index (χ4n) is 2.87. The van der Waals surface area contributed by atoms with E-state index in [1.54, 1.807) is 0 Å². The molecule has 1 aliphatic rings. The number of nitrogens with zero attached hydrogens (tertiary/aromatic N) is 3. The van der Waals surface area contributed by atoms with Gasteiger partial charge < -0.3 is 14.7 Å². The number of hydrogen-bond acceptors (Lipinski definition) is 5. The van der Waals surface area contributed by atoms with Crippen molar-refractivity contribution in [3.63, 3.8) is 0 Å². The highest BCUT2D eigenvalue weighted by molar-refractivity contribution is 5.92. The van der Waals surface area contributed by atoms with E-state index >= 15 is 0 Å². The smallest absolute Gasteiger partial charge is 0.305 e. The van der Waals surface area contributed by atoms with Crippen LogP contribution in [0.4, 0.5) is 0 Å². The summed E-state index contributed by atoms with van der Waals surface area (Å²) in [5.74, 6) is -1.40. The first-order valence-electron chi connectivity index (χ1n) is 8.27. The molecule has 1 N–H and O–H groups in total. The van der Waals surface area contributed by atoms with Gasteiger partial charge in [0.05, 0.1) is 32.2 Å². The molecule has 1 aromatic carbocycles. The first kappa shape index (κ1) is 17.8. The van der Waals surface area contributed by atoms with E-state index in [2.05, 4.69) is 5.10 Å². The van der Waals surface area contributed by atoms with E-state index < -0.39 is 17.9 Å². The molecule has 1 fully saturated rings. The molecule has 1 atom stereocenters. The van der Waals surface area contributed by atoms with Gasteiger partial charge in [-0.2, -0.15) is 5.10 Å². The summed E-state index contributed by atoms with van der Waals surface area (Å²) in [6.45, 7) is 1.05. The first-order valence-corrected chi connectivity index (χ1v) is 8.27. The number of carboxylic acid groups (broad SMARTS) is 1. The molecule has 136 valence electrons. The second kappa shape index (κ2) is 7.92. The molecule has 0 saturated carbocycles. The third-order valence-corrected chi connectivity index (χ3v) is 4.16. The lowest BCUT2D eigenvalue weighted by molar-refractivity contribution is -0.139. The Bertz CT molecular complexity index is 849. The van der Waals surface area contributed by atoms with E-state index in [9.17, 15) is 14.4 Å². The van der Waals surface area contributed by atoms with Crippen molar-refractivity contribution in [3.8, 4) is 0 Å². The van der Waals surface area contributed by atoms with Crippen LogP contribution in [0.15, 0.2) is 47.3 Å². The average Bonchev–Trinajstić information content (AvgIpc) is 2.64. The van der Waals surface area contributed by atoms with Crippen LogP contribution in [-0.2, 0) is 16.1 Å². The monoisotopic (exact) mass is 357 g/mol. The highest BCUT2D eigenvalue weighted by atomic mass is 16.5. The van der Waals surface area contributed by atoms with Gasteiger partial charge in [0.15, 0.2) is 0 Å². The Hall–Kier alpha value is -3.00. The normalized spacial score (nSPS) is 17.1. The quantitative estimate of drug-likeness (QED) is 0.841. The van der Waals surface area contributed by atoms with Crippen LogP contribution in [0.2, 0.25) is 0 Å². The minimum absolute atomic E-state index is 0.109. The Morgan fingerprint density at radius 1 is 1.19 bits per heavy atom. The maximum Gasteiger partial charge on any atom is 0.305 e. The van der Waals surface area contributed by atoms with Gasteiger partial charge in [0, 0.05) is 12.6 Å². The van der Waals surface area contributed by atoms with Crippen molar-refractivity contribution in [2.24, 2.45) is 0 Å². The van der Waals surface area contributed by atoms with Crippen LogP contribution in [-0.4, -0.2) is 57.5 Å². The number of aromatic nitrogens is 2. The Kier molecular flexibility index (Phi) is 5.43. The van der Waals surface area contributed by atoms with Crippen molar-refractivity contribution >= 4 is 11.9 Å². The lowest BCUT2D eigenvalue weighted by atomic mass is 10.1. The lowest BCUT2D eigenvalue weighted by Crippen LogP contribution is -2.50. The average molecular weight is 357 g/mol. The molecule has 8 nitrogen and oxygen atoms in total. The zero-order valence-electron chi connectivity index (χ0n) is 14.1. The van der Waals surface area contributed by atoms with E-state index in [4.69, 9.17) is 9.84 Å². The zero-order valence-corrected chi connectivity index (χ0v) is 14.1. The van der Waals surface area contributed by atoms with E-state index in [0.29, 0.717) is 6.61 Å². The van der Waals surface area contributed by atoms with Crippen molar-refractivity contribution < 1.29 is 19.4 Å². The van der Waals surface area contributed by atoms with Crippen LogP contribution in [0.5, 0.6) is 0 Å². The molecule has 1 amide bonds. The van der Waals surface area contributed by atoms with Crippen molar-refractivity contribution in [3.05, 3.63) is 64.1 Å². The summed E-state index contributed by atoms with van der Waals surface area (Å²) in [7, 11) is 0. The van der Waals surface area contributed by atoms with Crippen molar-refractivity contribution in [2.75, 3.05) is 19.8 Å². The molecule has 1 unspecified atom stereocenters. The van der Waals surface area contributed by atoms with Gasteiger partial charge in [0.2, 0.25) is 0 Å². The summed E-state index contributed by atoms with van der Waals surface area (Å²) >= 11 is 0. The first-order chi connectivity index (χ1) is 12.5. The molecule has 8 heteroatoms. The predicted molar refractivity (Wildman–Crippen MR) is 91.9 cm³/mol. The van der Waals surface area contributed by atoms with Gasteiger partial charge in [0.1, 0.15) is 5.69 Å². The maximum atomic E-state index is 12.8. The molecule has 0 aliphatic carbocycles. The minimum atomic E-state index is -1.000. The Morgan fingerprint density at radius 2 is 1.96 bits per heavy atom. The zero-order chi connectivity index (χ0) is 18.5. The SMILES string of the molecule is O=C(O)CC1COCCN1C(=O)c1ccc(=O)n(Cc2ccccc2)n1. The van der Waals surface area contributed by atoms with Crippen LogP contribution in [0, 0.1) is 0 Å². The number of carbonyl (C=O) groups is 2. The summed E-state index contributed by atoms with van der Waals surface area (Å²) in [6, 6.07) is 11.5. The lowest BCUT2D eigenvalue weighted by Gasteiger charge is -2.34. The molecule has 1 saturated heterocycles. The van der Waals surface area contributed by atoms with Gasteiger partial charge in [0.25, 0.3) is 11.5 Å². The van der Waals surface area contributed by atoms with Crippen molar-refractivity contribution in [2.45, 2.75) is 19.0 Å². The topological polar surface area (TPSA) is 102 Å². The highest BCUT2D eigenvalue weighted by Gasteiger charge is 2.30. The van der Waals surface area contributed by atoms with Gasteiger partial charge in [-0.05, 0) is 11.6 Å². The van der Waals surface area contributed by atoms with Gasteiger partial charge in [-0.1, -0.05) is 30.3 Å². The van der Waals surface area contributed by atoms with Crippen molar-refractivity contribution in [1.82, 2.24) is 14.7 Å². The van der Waals surface area contributed by atoms with Crippen LogP contribution in [0.3, 0.4) is 0 Å². The molecule has 0 bridgehead atoms. The van der Waals surface area contributed by atoms with Crippen LogP contribution >= 0.6 is 0 Å². The minimum Gasteiger partial charge on any atom is -0.481 e. The number of benzene rings is 1. The van der Waals surface area contributed by atoms with Crippen LogP contribution in [0.1, 0.15) is 22.5 Å². The van der Waals surface area contributed by atoms with Crippen LogP contribution < -0.4 is 5.56 Å². The molecule has 2 aromatic rings. The van der Waals surface area contributed by atoms with Gasteiger partial charge >= 0.3 is 5.97 Å². The van der Waals surface area contributed by atoms with Crippen molar-refractivity contribution in [1.29, 1.82) is 0 Å². The third kappa shape index (κ3) is 4.15. The van der Waals surface area contributed by atoms with E-state index in [1.165, 1.54) is 21.7 Å². The largest absolute Gasteiger partial charge is 0.481 e. The molecule has 3 rings (SSSR count). The number of morpholine rings is 1. The third-order valence-electron chi connectivity index (χ3n) is 4.16. The predicted octanol–water partition coefficient (Wildman–Crippen LogP) is 0.607. The number of rotatable bonds is 5. The van der Waals surface area contributed by atoms with E-state index in [0.717, 1.165) is 5.56 Å². The molecule has 0 radical (unpaired) electrons. The van der Waals surface area contributed by atoms with E-state index in [-0.39, 0.29) is 37.4 Å². The number of ether oxygens (including phenoxy) is 1. The number of carbonyl (C=O) groups excluding carboxylic acids is 1. The standard InChI is InChI=1S/C18H19N3O5/c22-16-7-6-15(19-21(16)11-13-4-2-1-3-5-13)18(25)20-8-9-26-12-14(20)10-17(23)24/h1-7,14H,8-12H2,(H,23,24). The molecule has 1 aromatic heterocycles. The summed E-state index contributed by atoms with van der Waals surface area (Å²) in [5, 5.41) is 13.2. The summed E-state index contributed by atoms with van der Waals surface area (Å²) in [4.78, 5) is 37.3. The number of aliphatic carboxylic acids is 1. The molecule has 0 spiro atoms. The number of amides is 1. The number of hydrogen-bond donors (Lipinski definition) is 1. The molecule has 2 heterocycles. The summed E-state index contributed by atoms with van der Waals surface area (Å²) in [5.41, 5.74) is 0.689. The van der Waals surface area contributed by atoms with Gasteiger partial charge in [-0.15, -0.1) is 0 Å². The second-order valence-electron chi connectivity index (χ2n) is 6.03. The second-order valence-corrected chi connectivity index (χ2v) is 6.03. The Balaban J connectivity index is 1.83. The molecule has 1 aliphatic heterocycles. The summed E-state index contributed by atoms with van der Waals surface area (Å²) < 4.78 is 6.52. The van der Waals surface area contributed by atoms with Gasteiger partial charge in [-0.25, -0.2) is 4.68 Å². The summed E-state index contributed by atoms with van der Waals surface area (Å²) in [6.07, 6.45) is -0.199.